The van der Waals surface area contributed by atoms with E-state index in [1.54, 1.807) is 0 Å². The van der Waals surface area contributed by atoms with Crippen LogP contribution < -0.4 is 14.8 Å². The van der Waals surface area contributed by atoms with Crippen LogP contribution in [0.15, 0.2) is 6.07 Å². The van der Waals surface area contributed by atoms with Gasteiger partial charge in [-0.15, -0.1) is 0 Å². The van der Waals surface area contributed by atoms with Crippen LogP contribution in [0.5, 0.6) is 0 Å². The summed E-state index contributed by atoms with van der Waals surface area (Å²) in [5, 5.41) is 2.84. The first kappa shape index (κ1) is 20.1. The third-order valence-corrected chi connectivity index (χ3v) is 6.82. The van der Waals surface area contributed by atoms with Gasteiger partial charge in [0.15, 0.2) is 0 Å². The fraction of sp³-hybridized carbons (Fsp3) is 0.632. The molecule has 1 aromatic carbocycles. The lowest BCUT2D eigenvalue weighted by Crippen LogP contribution is -2.51. The minimum Gasteiger partial charge on any atom is -0.307 e. The summed E-state index contributed by atoms with van der Waals surface area (Å²) in [5.41, 5.74) is 5.39. The molecule has 0 radical (unpaired) electrons. The maximum absolute atomic E-state index is 12.4. The molecule has 1 aromatic rings. The van der Waals surface area contributed by atoms with Crippen LogP contribution in [0.25, 0.3) is 0 Å². The maximum atomic E-state index is 12.4. The van der Waals surface area contributed by atoms with E-state index in [1.807, 2.05) is 32.8 Å². The summed E-state index contributed by atoms with van der Waals surface area (Å²) in [4.78, 5) is 14.4. The van der Waals surface area contributed by atoms with Crippen molar-refractivity contribution in [3.63, 3.8) is 0 Å². The van der Waals surface area contributed by atoms with Crippen LogP contribution in [-0.2, 0) is 35.9 Å². The van der Waals surface area contributed by atoms with Gasteiger partial charge in [-0.2, -0.15) is 13.1 Å². The Labute approximate surface area is 162 Å². The molecule has 0 bridgehead atoms. The van der Waals surface area contributed by atoms with Gasteiger partial charge in [0.1, 0.15) is 0 Å². The highest BCUT2D eigenvalue weighted by atomic mass is 32.2. The number of rotatable bonds is 6. The number of fused-ring (bicyclic) bond motifs is 2. The smallest absolute Gasteiger partial charge is 0.307 e. The average molecular weight is 395 g/mol. The summed E-state index contributed by atoms with van der Waals surface area (Å²) in [6, 6.07) is 1.56. The predicted molar refractivity (Wildman–Crippen MR) is 107 cm³/mol. The third-order valence-electron chi connectivity index (χ3n) is 5.84. The molecule has 0 aromatic heterocycles. The van der Waals surface area contributed by atoms with Crippen molar-refractivity contribution in [2.45, 2.75) is 57.9 Å². The molecule has 0 aliphatic heterocycles. The van der Waals surface area contributed by atoms with E-state index >= 15 is 0 Å². The van der Waals surface area contributed by atoms with Gasteiger partial charge in [0.2, 0.25) is 0 Å². The van der Waals surface area contributed by atoms with Crippen LogP contribution in [0, 0.1) is 0 Å². The number of likely N-dealkylation sites (N-methyl/N-ethyl adjacent to an activating group) is 1. The normalized spacial score (nSPS) is 16.3. The molecule has 2 amide bonds. The molecule has 0 unspecified atom stereocenters. The second-order valence-corrected chi connectivity index (χ2v) is 9.82. The summed E-state index contributed by atoms with van der Waals surface area (Å²) < 4.78 is 29.1. The Morgan fingerprint density at radius 2 is 1.63 bits per heavy atom. The number of benzene rings is 1. The van der Waals surface area contributed by atoms with Gasteiger partial charge in [0.05, 0.1) is 0 Å². The summed E-state index contributed by atoms with van der Waals surface area (Å²) in [6.45, 7) is 4.04. The van der Waals surface area contributed by atoms with E-state index < -0.39 is 16.2 Å². The maximum Gasteiger partial charge on any atom is 0.333 e. The molecule has 7 nitrogen and oxygen atoms in total. The summed E-state index contributed by atoms with van der Waals surface area (Å²) >= 11 is 0. The summed E-state index contributed by atoms with van der Waals surface area (Å²) in [5.74, 6) is 0. The van der Waals surface area contributed by atoms with Crippen LogP contribution in [0.1, 0.15) is 48.9 Å². The molecule has 0 saturated heterocycles. The van der Waals surface area contributed by atoms with E-state index in [2.05, 4.69) is 20.8 Å². The van der Waals surface area contributed by atoms with Crippen molar-refractivity contribution in [2.75, 3.05) is 26.0 Å². The van der Waals surface area contributed by atoms with Crippen LogP contribution in [-0.4, -0.2) is 45.5 Å². The second-order valence-electron chi connectivity index (χ2n) is 8.32. The monoisotopic (exact) mass is 394 g/mol. The van der Waals surface area contributed by atoms with E-state index in [9.17, 15) is 13.2 Å². The van der Waals surface area contributed by atoms with Gasteiger partial charge < -0.3 is 10.2 Å². The van der Waals surface area contributed by atoms with E-state index in [4.69, 9.17) is 0 Å². The topological polar surface area (TPSA) is 90.5 Å². The molecular weight excluding hydrogens is 364 g/mol. The minimum absolute atomic E-state index is 0.193. The molecule has 2 aliphatic rings. The van der Waals surface area contributed by atoms with Gasteiger partial charge in [-0.3, -0.25) is 0 Å². The van der Waals surface area contributed by atoms with Crippen molar-refractivity contribution in [1.82, 2.24) is 14.3 Å². The van der Waals surface area contributed by atoms with Crippen molar-refractivity contribution in [1.29, 1.82) is 0 Å². The van der Waals surface area contributed by atoms with Crippen LogP contribution in [0.2, 0.25) is 0 Å². The van der Waals surface area contributed by atoms with Crippen LogP contribution in [0.4, 0.5) is 10.5 Å². The average Bonchev–Trinajstić information content (AvgIpc) is 3.21. The number of urea groups is 1. The van der Waals surface area contributed by atoms with Crippen molar-refractivity contribution < 1.29 is 13.2 Å². The molecule has 8 heteroatoms. The minimum atomic E-state index is -3.93. The first-order valence-electron chi connectivity index (χ1n) is 9.51. The molecule has 2 aliphatic carbocycles. The molecule has 3 N–H and O–H groups in total. The van der Waals surface area contributed by atoms with Crippen LogP contribution >= 0.6 is 0 Å². The number of nitrogens with one attached hydrogen (secondary N) is 3. The Balaban J connectivity index is 1.70. The number of amides is 2. The Bertz CT molecular complexity index is 815. The Morgan fingerprint density at radius 1 is 1.07 bits per heavy atom. The zero-order chi connectivity index (χ0) is 19.8. The van der Waals surface area contributed by atoms with Gasteiger partial charge in [-0.05, 0) is 88.7 Å². The number of carbonyl (C=O) groups is 1. The first-order valence-corrected chi connectivity index (χ1v) is 11.0. The molecule has 0 atom stereocenters. The zero-order valence-corrected chi connectivity index (χ0v) is 17.4. The molecule has 0 fully saturated rings. The van der Waals surface area contributed by atoms with Crippen molar-refractivity contribution >= 4 is 21.9 Å². The SMILES string of the molecule is CN(C)C(C)(C)CNS(=O)(=O)NC(=O)Nc1c2c(cc3c1CCC3)CCC2. The fourth-order valence-electron chi connectivity index (χ4n) is 3.69. The molecule has 0 heterocycles. The van der Waals surface area contributed by atoms with Gasteiger partial charge >= 0.3 is 16.2 Å². The van der Waals surface area contributed by atoms with Crippen molar-refractivity contribution in [2.24, 2.45) is 0 Å². The zero-order valence-electron chi connectivity index (χ0n) is 16.6. The number of carbonyl (C=O) groups excluding carboxylic acids is 1. The van der Waals surface area contributed by atoms with E-state index in [0.717, 1.165) is 44.2 Å². The molecule has 0 spiro atoms. The quantitative estimate of drug-likeness (QED) is 0.688. The molecule has 3 rings (SSSR count). The number of aryl methyl sites for hydroxylation is 2. The Kier molecular flexibility index (Phi) is 5.52. The number of nitrogens with zero attached hydrogens (tertiary/aromatic N) is 1. The lowest BCUT2D eigenvalue weighted by molar-refractivity contribution is 0.198. The Morgan fingerprint density at radius 3 is 2.15 bits per heavy atom. The van der Waals surface area contributed by atoms with Crippen molar-refractivity contribution in [3.05, 3.63) is 28.3 Å². The van der Waals surface area contributed by atoms with Gasteiger partial charge in [0, 0.05) is 17.8 Å². The van der Waals surface area contributed by atoms with Crippen molar-refractivity contribution in [3.8, 4) is 0 Å². The second kappa shape index (κ2) is 7.41. The first-order chi connectivity index (χ1) is 12.6. The highest BCUT2D eigenvalue weighted by molar-refractivity contribution is 7.88. The standard InChI is InChI=1S/C19H30N4O3S/c1-19(2,23(3)4)12-20-27(25,26)22-18(24)21-17-15-9-5-7-13(15)11-14-8-6-10-16(14)17/h11,20H,5-10,12H2,1-4H3,(H2,21,22,24). The number of hydrogen-bond donors (Lipinski definition) is 3. The highest BCUT2D eigenvalue weighted by Gasteiger charge is 2.27. The third kappa shape index (κ3) is 4.44. The van der Waals surface area contributed by atoms with E-state index in [1.165, 1.54) is 22.3 Å². The lowest BCUT2D eigenvalue weighted by Gasteiger charge is -2.32. The lowest BCUT2D eigenvalue weighted by atomic mass is 9.99. The Hall–Kier alpha value is -1.64. The molecule has 0 saturated carbocycles. The number of anilines is 1. The number of hydrogen-bond acceptors (Lipinski definition) is 4. The highest BCUT2D eigenvalue weighted by Crippen LogP contribution is 2.38. The largest absolute Gasteiger partial charge is 0.333 e. The van der Waals surface area contributed by atoms with E-state index in [-0.39, 0.29) is 12.1 Å². The predicted octanol–water partition coefficient (Wildman–Crippen LogP) is 1.96. The van der Waals surface area contributed by atoms with Crippen LogP contribution in [0.3, 0.4) is 0 Å². The summed E-state index contributed by atoms with van der Waals surface area (Å²) in [7, 11) is -0.175. The molecular formula is C19H30N4O3S. The summed E-state index contributed by atoms with van der Waals surface area (Å²) in [6.07, 6.45) is 6.07. The van der Waals surface area contributed by atoms with Gasteiger partial charge in [-0.25, -0.2) is 9.52 Å². The van der Waals surface area contributed by atoms with E-state index in [0.29, 0.717) is 0 Å². The van der Waals surface area contributed by atoms with Gasteiger partial charge in [-0.1, -0.05) is 6.07 Å². The molecule has 27 heavy (non-hydrogen) atoms. The van der Waals surface area contributed by atoms with Gasteiger partial charge in [0.25, 0.3) is 0 Å². The molecule has 150 valence electrons. The fourth-order valence-corrected chi connectivity index (χ4v) is 4.60.